The Morgan fingerprint density at radius 2 is 1.67 bits per heavy atom. The fraction of sp³-hybridized carbons (Fsp3) is 0.348. The SMILES string of the molecule is COc1ccc(C[C@H](NC(=O)C[C@@H]2C=CCC2)c2ccc(OC)cc2)cc1. The molecule has 0 saturated heterocycles. The molecule has 2 aromatic carbocycles. The summed E-state index contributed by atoms with van der Waals surface area (Å²) in [6, 6.07) is 15.8. The molecular formula is C23H27NO3. The number of benzene rings is 2. The fourth-order valence-corrected chi connectivity index (χ4v) is 3.44. The van der Waals surface area contributed by atoms with Gasteiger partial charge in [-0.15, -0.1) is 0 Å². The highest BCUT2D eigenvalue weighted by atomic mass is 16.5. The molecule has 2 aromatic rings. The van der Waals surface area contributed by atoms with Crippen LogP contribution in [0.5, 0.6) is 11.5 Å². The zero-order valence-corrected chi connectivity index (χ0v) is 16.0. The second-order valence-corrected chi connectivity index (χ2v) is 6.92. The van der Waals surface area contributed by atoms with E-state index in [4.69, 9.17) is 9.47 Å². The van der Waals surface area contributed by atoms with Crippen molar-refractivity contribution in [2.24, 2.45) is 5.92 Å². The molecule has 4 nitrogen and oxygen atoms in total. The van der Waals surface area contributed by atoms with Crippen LogP contribution in [0.1, 0.15) is 36.4 Å². The zero-order chi connectivity index (χ0) is 19.1. The molecule has 1 amide bonds. The van der Waals surface area contributed by atoms with Crippen LogP contribution in [-0.4, -0.2) is 20.1 Å². The Labute approximate surface area is 161 Å². The Morgan fingerprint density at radius 3 is 2.22 bits per heavy atom. The van der Waals surface area contributed by atoms with Crippen LogP contribution >= 0.6 is 0 Å². The van der Waals surface area contributed by atoms with Gasteiger partial charge in [-0.3, -0.25) is 4.79 Å². The van der Waals surface area contributed by atoms with Gasteiger partial charge in [0.1, 0.15) is 11.5 Å². The van der Waals surface area contributed by atoms with Crippen LogP contribution < -0.4 is 14.8 Å². The summed E-state index contributed by atoms with van der Waals surface area (Å²) < 4.78 is 10.5. The smallest absolute Gasteiger partial charge is 0.221 e. The van der Waals surface area contributed by atoms with Gasteiger partial charge in [0.2, 0.25) is 5.91 Å². The van der Waals surface area contributed by atoms with E-state index in [9.17, 15) is 4.79 Å². The molecule has 0 bridgehead atoms. The van der Waals surface area contributed by atoms with Crippen molar-refractivity contribution in [3.8, 4) is 11.5 Å². The highest BCUT2D eigenvalue weighted by molar-refractivity contribution is 5.77. The molecule has 3 rings (SSSR count). The van der Waals surface area contributed by atoms with Gasteiger partial charge in [0.25, 0.3) is 0 Å². The summed E-state index contributed by atoms with van der Waals surface area (Å²) in [6.45, 7) is 0. The van der Waals surface area contributed by atoms with Crippen molar-refractivity contribution in [1.82, 2.24) is 5.32 Å². The van der Waals surface area contributed by atoms with E-state index < -0.39 is 0 Å². The van der Waals surface area contributed by atoms with Gasteiger partial charge in [-0.2, -0.15) is 0 Å². The Balaban J connectivity index is 1.73. The lowest BCUT2D eigenvalue weighted by molar-refractivity contribution is -0.122. The lowest BCUT2D eigenvalue weighted by Crippen LogP contribution is -2.31. The van der Waals surface area contributed by atoms with Gasteiger partial charge < -0.3 is 14.8 Å². The summed E-state index contributed by atoms with van der Waals surface area (Å²) in [5, 5.41) is 3.23. The molecule has 0 spiro atoms. The Kier molecular flexibility index (Phi) is 6.53. The van der Waals surface area contributed by atoms with Gasteiger partial charge in [-0.05, 0) is 60.6 Å². The summed E-state index contributed by atoms with van der Waals surface area (Å²) >= 11 is 0. The molecule has 0 saturated carbocycles. The van der Waals surface area contributed by atoms with Crippen molar-refractivity contribution in [3.63, 3.8) is 0 Å². The highest BCUT2D eigenvalue weighted by Gasteiger charge is 2.19. The summed E-state index contributed by atoms with van der Waals surface area (Å²) in [5.74, 6) is 2.10. The predicted octanol–water partition coefficient (Wildman–Crippen LogP) is 4.46. The number of carbonyl (C=O) groups excluding carboxylic acids is 1. The van der Waals surface area contributed by atoms with E-state index in [0.29, 0.717) is 12.3 Å². The van der Waals surface area contributed by atoms with Gasteiger partial charge in [0.15, 0.2) is 0 Å². The maximum atomic E-state index is 12.6. The van der Waals surface area contributed by atoms with Gasteiger partial charge >= 0.3 is 0 Å². The molecule has 4 heteroatoms. The molecule has 0 fully saturated rings. The standard InChI is InChI=1S/C23H27NO3/c1-26-20-11-7-18(8-12-20)15-22(19-9-13-21(27-2)14-10-19)24-23(25)16-17-5-3-4-6-17/h3,5,7-14,17,22H,4,6,15-16H2,1-2H3,(H,24,25)/t17-,22+/m1/s1. The minimum Gasteiger partial charge on any atom is -0.497 e. The highest BCUT2D eigenvalue weighted by Crippen LogP contribution is 2.25. The van der Waals surface area contributed by atoms with Crippen molar-refractivity contribution in [3.05, 3.63) is 71.8 Å². The third kappa shape index (κ3) is 5.36. The van der Waals surface area contributed by atoms with E-state index in [-0.39, 0.29) is 11.9 Å². The van der Waals surface area contributed by atoms with Gasteiger partial charge in [-0.1, -0.05) is 36.4 Å². The number of amides is 1. The van der Waals surface area contributed by atoms with Crippen LogP contribution in [0, 0.1) is 5.92 Å². The second-order valence-electron chi connectivity index (χ2n) is 6.92. The van der Waals surface area contributed by atoms with Gasteiger partial charge in [0, 0.05) is 6.42 Å². The first kappa shape index (κ1) is 19.0. The van der Waals surface area contributed by atoms with Gasteiger partial charge in [0.05, 0.1) is 20.3 Å². The Bertz CT molecular complexity index is 765. The first-order chi connectivity index (χ1) is 13.2. The molecule has 1 aliphatic carbocycles. The topological polar surface area (TPSA) is 47.6 Å². The maximum absolute atomic E-state index is 12.6. The molecule has 2 atom stereocenters. The van der Waals surface area contributed by atoms with E-state index in [1.165, 1.54) is 0 Å². The van der Waals surface area contributed by atoms with Crippen molar-refractivity contribution < 1.29 is 14.3 Å². The average Bonchev–Trinajstić information content (AvgIpc) is 3.21. The second kappa shape index (κ2) is 9.26. The molecule has 0 heterocycles. The van der Waals surface area contributed by atoms with Gasteiger partial charge in [-0.25, -0.2) is 0 Å². The monoisotopic (exact) mass is 365 g/mol. The van der Waals surface area contributed by atoms with E-state index in [1.54, 1.807) is 14.2 Å². The molecule has 0 unspecified atom stereocenters. The van der Waals surface area contributed by atoms with E-state index in [2.05, 4.69) is 17.5 Å². The molecule has 142 valence electrons. The number of rotatable bonds is 8. The van der Waals surface area contributed by atoms with Crippen LogP contribution in [-0.2, 0) is 11.2 Å². The minimum absolute atomic E-state index is 0.0813. The fourth-order valence-electron chi connectivity index (χ4n) is 3.44. The normalized spacial score (nSPS) is 16.7. The van der Waals surface area contributed by atoms with Crippen molar-refractivity contribution >= 4 is 5.91 Å². The van der Waals surface area contributed by atoms with Crippen LogP contribution in [0.25, 0.3) is 0 Å². The minimum atomic E-state index is -0.0813. The number of hydrogen-bond donors (Lipinski definition) is 1. The molecule has 0 aliphatic heterocycles. The molecule has 1 N–H and O–H groups in total. The van der Waals surface area contributed by atoms with Crippen molar-refractivity contribution in [1.29, 1.82) is 0 Å². The quantitative estimate of drug-likeness (QED) is 0.703. The molecule has 0 radical (unpaired) electrons. The lowest BCUT2D eigenvalue weighted by atomic mass is 9.97. The number of methoxy groups -OCH3 is 2. The van der Waals surface area contributed by atoms with E-state index >= 15 is 0 Å². The van der Waals surface area contributed by atoms with Crippen LogP contribution in [0.3, 0.4) is 0 Å². The third-order valence-corrected chi connectivity index (χ3v) is 5.01. The average molecular weight is 365 g/mol. The number of nitrogens with one attached hydrogen (secondary N) is 1. The number of allylic oxidation sites excluding steroid dienone is 2. The summed E-state index contributed by atoms with van der Waals surface area (Å²) in [7, 11) is 3.31. The number of hydrogen-bond acceptors (Lipinski definition) is 3. The van der Waals surface area contributed by atoms with E-state index in [1.807, 2.05) is 48.5 Å². The third-order valence-electron chi connectivity index (χ3n) is 5.01. The van der Waals surface area contributed by atoms with Crippen LogP contribution in [0.4, 0.5) is 0 Å². The Morgan fingerprint density at radius 1 is 1.04 bits per heavy atom. The summed E-state index contributed by atoms with van der Waals surface area (Å²) in [4.78, 5) is 12.6. The summed E-state index contributed by atoms with van der Waals surface area (Å²) in [6.07, 6.45) is 7.74. The summed E-state index contributed by atoms with van der Waals surface area (Å²) in [5.41, 5.74) is 2.22. The van der Waals surface area contributed by atoms with Crippen LogP contribution in [0.15, 0.2) is 60.7 Å². The molecular weight excluding hydrogens is 338 g/mol. The van der Waals surface area contributed by atoms with Crippen molar-refractivity contribution in [2.75, 3.05) is 14.2 Å². The first-order valence-corrected chi connectivity index (χ1v) is 9.41. The zero-order valence-electron chi connectivity index (χ0n) is 16.0. The number of ether oxygens (including phenoxy) is 2. The largest absolute Gasteiger partial charge is 0.497 e. The first-order valence-electron chi connectivity index (χ1n) is 9.41. The Hall–Kier alpha value is -2.75. The maximum Gasteiger partial charge on any atom is 0.221 e. The predicted molar refractivity (Wildman–Crippen MR) is 107 cm³/mol. The molecule has 1 aliphatic rings. The lowest BCUT2D eigenvalue weighted by Gasteiger charge is -2.21. The van der Waals surface area contributed by atoms with Crippen molar-refractivity contribution in [2.45, 2.75) is 31.7 Å². The molecule has 27 heavy (non-hydrogen) atoms. The molecule has 0 aromatic heterocycles. The van der Waals surface area contributed by atoms with E-state index in [0.717, 1.165) is 41.9 Å². The van der Waals surface area contributed by atoms with Crippen LogP contribution in [0.2, 0.25) is 0 Å². The number of carbonyl (C=O) groups is 1.